The average molecular weight is 440 g/mol. The molecule has 0 bridgehead atoms. The van der Waals surface area contributed by atoms with Gasteiger partial charge in [-0.25, -0.2) is 0 Å². The highest BCUT2D eigenvalue weighted by Crippen LogP contribution is 2.52. The Labute approximate surface area is 183 Å². The van der Waals surface area contributed by atoms with Crippen LogP contribution in [0.5, 0.6) is 11.5 Å². The number of nitrogens with zero attached hydrogens (tertiary/aromatic N) is 1. The number of hydrogen-bond donors (Lipinski definition) is 1. The van der Waals surface area contributed by atoms with Crippen LogP contribution in [0.2, 0.25) is 0 Å². The number of ether oxygens (including phenoxy) is 2. The van der Waals surface area contributed by atoms with E-state index in [1.165, 1.54) is 18.2 Å². The molecule has 3 aromatic rings. The van der Waals surface area contributed by atoms with Crippen molar-refractivity contribution in [3.05, 3.63) is 75.8 Å². The first-order chi connectivity index (χ1) is 15.3. The average Bonchev–Trinajstić information content (AvgIpc) is 3.51. The Morgan fingerprint density at radius 2 is 1.91 bits per heavy atom. The largest absolute Gasteiger partial charge is 0.586 e. The number of alkyl halides is 2. The minimum Gasteiger partial charge on any atom is -0.395 e. The van der Waals surface area contributed by atoms with Crippen molar-refractivity contribution < 1.29 is 24.5 Å². The van der Waals surface area contributed by atoms with Crippen molar-refractivity contribution in [1.82, 2.24) is 9.97 Å². The quantitative estimate of drug-likeness (QED) is 0.614. The molecular formula is C24H22F2N2O4. The van der Waals surface area contributed by atoms with Gasteiger partial charge in [-0.05, 0) is 54.7 Å². The number of fused-ring (bicyclic) bond motifs is 1. The molecule has 0 radical (unpaired) electrons. The van der Waals surface area contributed by atoms with E-state index in [-0.39, 0.29) is 30.7 Å². The number of rotatable bonds is 6. The maximum atomic E-state index is 13.3. The lowest BCUT2D eigenvalue weighted by Gasteiger charge is -2.16. The monoisotopic (exact) mass is 440 g/mol. The van der Waals surface area contributed by atoms with E-state index in [1.807, 2.05) is 19.1 Å². The summed E-state index contributed by atoms with van der Waals surface area (Å²) < 4.78 is 35.7. The van der Waals surface area contributed by atoms with Crippen molar-refractivity contribution in [2.45, 2.75) is 44.3 Å². The normalized spacial score (nSPS) is 17.2. The second-order valence-electron chi connectivity index (χ2n) is 8.12. The van der Waals surface area contributed by atoms with Crippen LogP contribution in [0.15, 0.2) is 53.5 Å². The molecule has 1 fully saturated rings. The molecular weight excluding hydrogens is 418 g/mol. The van der Waals surface area contributed by atoms with Crippen LogP contribution in [-0.2, 0) is 23.1 Å². The van der Waals surface area contributed by atoms with E-state index < -0.39 is 11.7 Å². The van der Waals surface area contributed by atoms with Gasteiger partial charge in [-0.15, -0.1) is 8.78 Å². The Hall–Kier alpha value is -3.55. The standard InChI is InChI=1S/C24H20F2N2O4.H2/c1-2-14-3-6-17(28-22(14)15-4-8-21(30)27-13-15)12-20(29)23(9-10-23)16-5-7-18-19(11-16)32-24(25,26)31-18;/h3-8,11,13H,2,9-10,12H2,1H3,(H,27,30);1H. The highest BCUT2D eigenvalue weighted by atomic mass is 19.3. The molecule has 1 saturated carbocycles. The summed E-state index contributed by atoms with van der Waals surface area (Å²) in [7, 11) is 0. The van der Waals surface area contributed by atoms with Crippen molar-refractivity contribution in [1.29, 1.82) is 0 Å². The fraction of sp³-hybridized carbons (Fsp3) is 0.292. The first-order valence-electron chi connectivity index (χ1n) is 10.4. The lowest BCUT2D eigenvalue weighted by molar-refractivity contribution is -0.286. The minimum absolute atomic E-state index is 0. The number of aromatic nitrogens is 2. The van der Waals surface area contributed by atoms with Crippen LogP contribution in [-0.4, -0.2) is 22.0 Å². The Morgan fingerprint density at radius 3 is 2.59 bits per heavy atom. The molecule has 0 amide bonds. The fourth-order valence-corrected chi connectivity index (χ4v) is 4.15. The molecule has 8 heteroatoms. The van der Waals surface area contributed by atoms with Crippen LogP contribution in [0.1, 0.15) is 38.0 Å². The van der Waals surface area contributed by atoms with Gasteiger partial charge < -0.3 is 14.5 Å². The van der Waals surface area contributed by atoms with Gasteiger partial charge in [0.1, 0.15) is 5.78 Å². The Kier molecular flexibility index (Phi) is 4.62. The van der Waals surface area contributed by atoms with E-state index in [0.717, 1.165) is 23.2 Å². The van der Waals surface area contributed by atoms with Gasteiger partial charge in [0, 0.05) is 31.4 Å². The predicted octanol–water partition coefficient (Wildman–Crippen LogP) is 4.41. The molecule has 1 N–H and O–H groups in total. The van der Waals surface area contributed by atoms with Gasteiger partial charge in [0.2, 0.25) is 5.56 Å². The predicted molar refractivity (Wildman–Crippen MR) is 114 cm³/mol. The first kappa shape index (κ1) is 20.4. The zero-order chi connectivity index (χ0) is 22.5. The van der Waals surface area contributed by atoms with Crippen LogP contribution in [0, 0.1) is 0 Å². The van der Waals surface area contributed by atoms with E-state index in [9.17, 15) is 18.4 Å². The number of Topliss-reactive ketones (excluding diaryl/α,β-unsaturated/α-hetero) is 1. The molecule has 1 aromatic carbocycles. The molecule has 2 aromatic heterocycles. The molecule has 0 atom stereocenters. The number of carbonyl (C=O) groups excluding carboxylic acids is 1. The van der Waals surface area contributed by atoms with Gasteiger partial charge in [-0.1, -0.05) is 19.1 Å². The molecule has 2 aliphatic rings. The molecule has 3 heterocycles. The second kappa shape index (κ2) is 7.25. The molecule has 1 aliphatic carbocycles. The third-order valence-electron chi connectivity index (χ3n) is 6.05. The third kappa shape index (κ3) is 3.55. The number of hydrogen-bond acceptors (Lipinski definition) is 5. The zero-order valence-corrected chi connectivity index (χ0v) is 17.3. The number of ketones is 1. The molecule has 32 heavy (non-hydrogen) atoms. The number of halogens is 2. The number of pyridine rings is 2. The lowest BCUT2D eigenvalue weighted by atomic mass is 9.88. The van der Waals surface area contributed by atoms with Crippen LogP contribution in [0.4, 0.5) is 8.78 Å². The zero-order valence-electron chi connectivity index (χ0n) is 17.3. The van der Waals surface area contributed by atoms with Gasteiger partial charge in [-0.2, -0.15) is 0 Å². The number of aryl methyl sites for hydroxylation is 1. The molecule has 0 saturated heterocycles. The van der Waals surface area contributed by atoms with Crippen LogP contribution in [0.3, 0.4) is 0 Å². The summed E-state index contributed by atoms with van der Waals surface area (Å²) in [4.78, 5) is 32.0. The smallest absolute Gasteiger partial charge is 0.395 e. The molecule has 0 spiro atoms. The maximum absolute atomic E-state index is 13.3. The van der Waals surface area contributed by atoms with Crippen molar-refractivity contribution in [3.8, 4) is 22.8 Å². The summed E-state index contributed by atoms with van der Waals surface area (Å²) in [5.41, 5.74) is 2.85. The number of aromatic amines is 1. The topological polar surface area (TPSA) is 81.3 Å². The number of carbonyl (C=O) groups is 1. The van der Waals surface area contributed by atoms with E-state index in [0.29, 0.717) is 24.1 Å². The minimum atomic E-state index is -3.69. The van der Waals surface area contributed by atoms with Gasteiger partial charge in [0.25, 0.3) is 0 Å². The summed E-state index contributed by atoms with van der Waals surface area (Å²) in [6.45, 7) is 2.01. The second-order valence-corrected chi connectivity index (χ2v) is 8.12. The van der Waals surface area contributed by atoms with Crippen LogP contribution >= 0.6 is 0 Å². The van der Waals surface area contributed by atoms with Crippen LogP contribution in [0.25, 0.3) is 11.3 Å². The molecule has 1 aliphatic heterocycles. The first-order valence-corrected chi connectivity index (χ1v) is 10.4. The summed E-state index contributed by atoms with van der Waals surface area (Å²) in [6, 6.07) is 11.5. The Bertz CT molecular complexity index is 1270. The van der Waals surface area contributed by atoms with E-state index in [4.69, 9.17) is 4.98 Å². The van der Waals surface area contributed by atoms with Crippen molar-refractivity contribution in [3.63, 3.8) is 0 Å². The highest BCUT2D eigenvalue weighted by Gasteiger charge is 2.52. The van der Waals surface area contributed by atoms with Gasteiger partial charge in [0.05, 0.1) is 11.1 Å². The van der Waals surface area contributed by atoms with Crippen molar-refractivity contribution >= 4 is 5.78 Å². The summed E-state index contributed by atoms with van der Waals surface area (Å²) >= 11 is 0. The van der Waals surface area contributed by atoms with E-state index >= 15 is 0 Å². The Balaban J connectivity index is 0.00000259. The summed E-state index contributed by atoms with van der Waals surface area (Å²) in [5.74, 6) is -0.117. The van der Waals surface area contributed by atoms with E-state index in [1.54, 1.807) is 18.3 Å². The number of H-pyrrole nitrogens is 1. The molecule has 166 valence electrons. The maximum Gasteiger partial charge on any atom is 0.586 e. The van der Waals surface area contributed by atoms with Crippen LogP contribution < -0.4 is 15.0 Å². The SMILES string of the molecule is CCc1ccc(CC(=O)C2(c3ccc4c(c3)OC(F)(F)O4)CC2)nc1-c1ccc(=O)[nH]c1.[HH]. The molecule has 0 unspecified atom stereocenters. The van der Waals surface area contributed by atoms with Crippen molar-refractivity contribution in [2.75, 3.05) is 0 Å². The Morgan fingerprint density at radius 1 is 1.12 bits per heavy atom. The van der Waals surface area contributed by atoms with Crippen molar-refractivity contribution in [2.24, 2.45) is 0 Å². The summed E-state index contributed by atoms with van der Waals surface area (Å²) in [5, 5.41) is 0. The van der Waals surface area contributed by atoms with Gasteiger partial charge in [-0.3, -0.25) is 14.6 Å². The lowest BCUT2D eigenvalue weighted by Crippen LogP contribution is -2.26. The number of nitrogens with one attached hydrogen (secondary N) is 1. The van der Waals surface area contributed by atoms with Gasteiger partial charge in [0.15, 0.2) is 11.5 Å². The fourth-order valence-electron chi connectivity index (χ4n) is 4.15. The molecule has 5 rings (SSSR count). The number of benzene rings is 1. The summed E-state index contributed by atoms with van der Waals surface area (Å²) in [6.07, 6.45) is 0.0702. The highest BCUT2D eigenvalue weighted by molar-refractivity contribution is 5.94. The van der Waals surface area contributed by atoms with E-state index in [2.05, 4.69) is 14.5 Å². The third-order valence-corrected chi connectivity index (χ3v) is 6.05. The van der Waals surface area contributed by atoms with Gasteiger partial charge >= 0.3 is 6.29 Å². The molecule has 6 nitrogen and oxygen atoms in total.